The van der Waals surface area contributed by atoms with Crippen molar-refractivity contribution in [2.45, 2.75) is 38.8 Å². The van der Waals surface area contributed by atoms with Gasteiger partial charge in [0.25, 0.3) is 0 Å². The van der Waals surface area contributed by atoms with Gasteiger partial charge >= 0.3 is 0 Å². The van der Waals surface area contributed by atoms with Crippen LogP contribution in [0, 0.1) is 0 Å². The van der Waals surface area contributed by atoms with E-state index in [4.69, 9.17) is 5.11 Å². The minimum absolute atomic E-state index is 0.0372. The van der Waals surface area contributed by atoms with Crippen molar-refractivity contribution < 1.29 is 5.11 Å². The Hall–Kier alpha value is -1.16. The Morgan fingerprint density at radius 1 is 1.40 bits per heavy atom. The minimum atomic E-state index is -0.0372. The van der Waals surface area contributed by atoms with Crippen molar-refractivity contribution >= 4 is 5.82 Å². The number of hydrogen-bond acceptors (Lipinski definition) is 4. The lowest BCUT2D eigenvalue weighted by Gasteiger charge is -2.22. The predicted molar refractivity (Wildman–Crippen MR) is 58.6 cm³/mol. The lowest BCUT2D eigenvalue weighted by Crippen LogP contribution is -2.27. The smallest absolute Gasteiger partial charge is 0.147 e. The molecular weight excluding hydrogens is 190 g/mol. The van der Waals surface area contributed by atoms with Crippen LogP contribution in [0.2, 0.25) is 0 Å². The predicted octanol–water partition coefficient (Wildman–Crippen LogP) is 1.35. The van der Waals surface area contributed by atoms with Crippen LogP contribution in [0.15, 0.2) is 12.4 Å². The number of aromatic nitrogens is 2. The highest BCUT2D eigenvalue weighted by Gasteiger charge is 2.29. The van der Waals surface area contributed by atoms with Crippen molar-refractivity contribution in [2.75, 3.05) is 11.4 Å². The number of nitrogens with zero attached hydrogens (tertiary/aromatic N) is 3. The second kappa shape index (κ2) is 4.57. The summed E-state index contributed by atoms with van der Waals surface area (Å²) in [5.74, 6) is 0.941. The zero-order chi connectivity index (χ0) is 10.7. The van der Waals surface area contributed by atoms with Gasteiger partial charge < -0.3 is 10.0 Å². The summed E-state index contributed by atoms with van der Waals surface area (Å²) in [5.41, 5.74) is 0.631. The van der Waals surface area contributed by atoms with Crippen LogP contribution in [0.3, 0.4) is 0 Å². The highest BCUT2D eigenvalue weighted by molar-refractivity contribution is 5.39. The lowest BCUT2D eigenvalue weighted by molar-refractivity contribution is 0.276. The molecule has 1 N–H and O–H groups in total. The van der Waals surface area contributed by atoms with Gasteiger partial charge in [-0.2, -0.15) is 0 Å². The molecule has 0 atom stereocenters. The number of aliphatic hydroxyl groups is 1. The molecule has 0 aromatic carbocycles. The van der Waals surface area contributed by atoms with Crippen LogP contribution in [0.4, 0.5) is 5.82 Å². The Bertz CT molecular complexity index is 308. The first kappa shape index (κ1) is 10.4. The molecule has 0 bridgehead atoms. The standard InChI is InChI=1S/C11H17N3O/c1-2-5-14(10-3-4-10)11-7-12-9(8-15)6-13-11/h6-7,10,15H,2-5,8H2,1H3. The SMILES string of the molecule is CCCN(c1cnc(CO)cn1)C1CC1. The van der Waals surface area contributed by atoms with Gasteiger partial charge in [0.05, 0.1) is 24.7 Å². The van der Waals surface area contributed by atoms with Gasteiger partial charge in [-0.1, -0.05) is 6.92 Å². The zero-order valence-corrected chi connectivity index (χ0v) is 9.06. The summed E-state index contributed by atoms with van der Waals surface area (Å²) in [6, 6.07) is 0.666. The van der Waals surface area contributed by atoms with Crippen LogP contribution in [0.1, 0.15) is 31.9 Å². The maximum absolute atomic E-state index is 8.88. The van der Waals surface area contributed by atoms with E-state index in [0.29, 0.717) is 11.7 Å². The van der Waals surface area contributed by atoms with Crippen molar-refractivity contribution in [3.05, 3.63) is 18.1 Å². The molecular formula is C11H17N3O. The molecule has 4 nitrogen and oxygen atoms in total. The molecule has 1 saturated carbocycles. The summed E-state index contributed by atoms with van der Waals surface area (Å²) < 4.78 is 0. The van der Waals surface area contributed by atoms with Crippen LogP contribution in [0.5, 0.6) is 0 Å². The van der Waals surface area contributed by atoms with E-state index in [1.165, 1.54) is 12.8 Å². The number of hydrogen-bond donors (Lipinski definition) is 1. The van der Waals surface area contributed by atoms with Crippen molar-refractivity contribution in [1.29, 1.82) is 0 Å². The summed E-state index contributed by atoms with van der Waals surface area (Å²) in [6.07, 6.45) is 7.08. The van der Waals surface area contributed by atoms with Gasteiger partial charge in [0.15, 0.2) is 0 Å². The first-order valence-corrected chi connectivity index (χ1v) is 5.53. The van der Waals surface area contributed by atoms with Crippen molar-refractivity contribution in [3.63, 3.8) is 0 Å². The Balaban J connectivity index is 2.10. The molecule has 4 heteroatoms. The average molecular weight is 207 g/mol. The third-order valence-corrected chi connectivity index (χ3v) is 2.60. The minimum Gasteiger partial charge on any atom is -0.390 e. The van der Waals surface area contributed by atoms with Gasteiger partial charge in [0.2, 0.25) is 0 Å². The largest absolute Gasteiger partial charge is 0.390 e. The fraction of sp³-hybridized carbons (Fsp3) is 0.636. The van der Waals surface area contributed by atoms with E-state index in [0.717, 1.165) is 18.8 Å². The quantitative estimate of drug-likeness (QED) is 0.791. The van der Waals surface area contributed by atoms with E-state index in [2.05, 4.69) is 21.8 Å². The molecule has 1 aliphatic carbocycles. The van der Waals surface area contributed by atoms with Gasteiger partial charge in [0.1, 0.15) is 5.82 Å². The second-order valence-corrected chi connectivity index (χ2v) is 3.95. The summed E-state index contributed by atoms with van der Waals surface area (Å²) in [4.78, 5) is 10.8. The summed E-state index contributed by atoms with van der Waals surface area (Å²) >= 11 is 0. The van der Waals surface area contributed by atoms with E-state index >= 15 is 0 Å². The van der Waals surface area contributed by atoms with Crippen LogP contribution in [-0.4, -0.2) is 27.7 Å². The second-order valence-electron chi connectivity index (χ2n) is 3.95. The summed E-state index contributed by atoms with van der Waals surface area (Å²) in [6.45, 7) is 3.17. The molecule has 0 saturated heterocycles. The maximum Gasteiger partial charge on any atom is 0.147 e. The molecule has 1 aromatic rings. The summed E-state index contributed by atoms with van der Waals surface area (Å²) in [7, 11) is 0. The molecule has 0 spiro atoms. The Kier molecular flexibility index (Phi) is 3.16. The molecule has 0 radical (unpaired) electrons. The van der Waals surface area contributed by atoms with Crippen LogP contribution in [-0.2, 0) is 6.61 Å². The normalized spacial score (nSPS) is 15.3. The molecule has 1 aromatic heterocycles. The van der Waals surface area contributed by atoms with Gasteiger partial charge in [-0.25, -0.2) is 4.98 Å². The van der Waals surface area contributed by atoms with Crippen LogP contribution in [0.25, 0.3) is 0 Å². The van der Waals surface area contributed by atoms with Crippen molar-refractivity contribution in [3.8, 4) is 0 Å². The van der Waals surface area contributed by atoms with Gasteiger partial charge in [0, 0.05) is 12.6 Å². The van der Waals surface area contributed by atoms with E-state index < -0.39 is 0 Å². The molecule has 0 aliphatic heterocycles. The van der Waals surface area contributed by atoms with Gasteiger partial charge in [-0.15, -0.1) is 0 Å². The zero-order valence-electron chi connectivity index (χ0n) is 9.06. The van der Waals surface area contributed by atoms with E-state index in [1.807, 2.05) is 0 Å². The van der Waals surface area contributed by atoms with Crippen molar-refractivity contribution in [1.82, 2.24) is 9.97 Å². The fourth-order valence-electron chi connectivity index (χ4n) is 1.69. The first-order chi connectivity index (χ1) is 7.35. The van der Waals surface area contributed by atoms with Gasteiger partial charge in [-0.3, -0.25) is 4.98 Å². The maximum atomic E-state index is 8.88. The molecule has 15 heavy (non-hydrogen) atoms. The summed E-state index contributed by atoms with van der Waals surface area (Å²) in [5, 5.41) is 8.88. The number of anilines is 1. The highest BCUT2D eigenvalue weighted by atomic mass is 16.3. The molecule has 2 rings (SSSR count). The highest BCUT2D eigenvalue weighted by Crippen LogP contribution is 2.30. The molecule has 82 valence electrons. The molecule has 1 aliphatic rings. The Labute approximate surface area is 90.0 Å². The monoisotopic (exact) mass is 207 g/mol. The third kappa shape index (κ3) is 2.45. The third-order valence-electron chi connectivity index (χ3n) is 2.60. The molecule has 1 heterocycles. The average Bonchev–Trinajstić information content (AvgIpc) is 3.10. The molecule has 0 amide bonds. The molecule has 0 unspecified atom stereocenters. The Morgan fingerprint density at radius 2 is 2.20 bits per heavy atom. The lowest BCUT2D eigenvalue weighted by atomic mass is 10.4. The topological polar surface area (TPSA) is 49.2 Å². The first-order valence-electron chi connectivity index (χ1n) is 5.53. The van der Waals surface area contributed by atoms with E-state index in [1.54, 1.807) is 12.4 Å². The fourth-order valence-corrected chi connectivity index (χ4v) is 1.69. The van der Waals surface area contributed by atoms with Crippen molar-refractivity contribution in [2.24, 2.45) is 0 Å². The van der Waals surface area contributed by atoms with E-state index in [-0.39, 0.29) is 6.61 Å². The van der Waals surface area contributed by atoms with Crippen LogP contribution < -0.4 is 4.90 Å². The Morgan fingerprint density at radius 3 is 2.67 bits per heavy atom. The molecule has 1 fully saturated rings. The van der Waals surface area contributed by atoms with E-state index in [9.17, 15) is 0 Å². The van der Waals surface area contributed by atoms with Gasteiger partial charge in [-0.05, 0) is 19.3 Å². The van der Waals surface area contributed by atoms with Crippen LogP contribution >= 0.6 is 0 Å². The number of rotatable bonds is 5. The number of aliphatic hydroxyl groups excluding tert-OH is 1.